The van der Waals surface area contributed by atoms with Crippen LogP contribution in [-0.4, -0.2) is 11.9 Å². The summed E-state index contributed by atoms with van der Waals surface area (Å²) in [6.45, 7) is 7.51. The standard InChI is InChI=1S/C20H24O5/c1-5-16(22)25-19-14-8-6-7-11(2)17(14)15(10-23-13(4)21)18-12(3)9-24-20(18)19/h9,11H,5-8,10H2,1-4H3. The van der Waals surface area contributed by atoms with Crippen molar-refractivity contribution in [2.24, 2.45) is 0 Å². The zero-order valence-corrected chi connectivity index (χ0v) is 15.2. The predicted octanol–water partition coefficient (Wildman–Crippen LogP) is 4.56. The molecule has 5 nitrogen and oxygen atoms in total. The zero-order chi connectivity index (χ0) is 18.1. The maximum absolute atomic E-state index is 12.0. The van der Waals surface area contributed by atoms with E-state index in [-0.39, 0.29) is 18.5 Å². The van der Waals surface area contributed by atoms with E-state index in [1.54, 1.807) is 13.2 Å². The van der Waals surface area contributed by atoms with Crippen molar-refractivity contribution in [1.82, 2.24) is 0 Å². The second kappa shape index (κ2) is 6.90. The number of esters is 2. The summed E-state index contributed by atoms with van der Waals surface area (Å²) in [7, 11) is 0. The lowest BCUT2D eigenvalue weighted by Crippen LogP contribution is -2.16. The quantitative estimate of drug-likeness (QED) is 0.601. The highest BCUT2D eigenvalue weighted by Crippen LogP contribution is 2.46. The number of fused-ring (bicyclic) bond motifs is 2. The van der Waals surface area contributed by atoms with Gasteiger partial charge in [-0.15, -0.1) is 0 Å². The highest BCUT2D eigenvalue weighted by atomic mass is 16.5. The Hall–Kier alpha value is -2.30. The van der Waals surface area contributed by atoms with E-state index in [4.69, 9.17) is 13.9 Å². The minimum absolute atomic E-state index is 0.209. The van der Waals surface area contributed by atoms with E-state index in [0.717, 1.165) is 46.9 Å². The van der Waals surface area contributed by atoms with Gasteiger partial charge >= 0.3 is 11.9 Å². The number of ether oxygens (including phenoxy) is 2. The second-order valence-corrected chi connectivity index (χ2v) is 6.72. The number of furan rings is 1. The van der Waals surface area contributed by atoms with Gasteiger partial charge in [-0.1, -0.05) is 13.8 Å². The van der Waals surface area contributed by atoms with Crippen LogP contribution in [0.5, 0.6) is 5.75 Å². The molecule has 1 aliphatic rings. The molecule has 1 heterocycles. The molecule has 0 fully saturated rings. The van der Waals surface area contributed by atoms with Gasteiger partial charge in [0.25, 0.3) is 0 Å². The van der Waals surface area contributed by atoms with Crippen LogP contribution < -0.4 is 4.74 Å². The lowest BCUT2D eigenvalue weighted by molar-refractivity contribution is -0.142. The molecule has 134 valence electrons. The molecule has 1 aromatic carbocycles. The van der Waals surface area contributed by atoms with Crippen LogP contribution in [0.4, 0.5) is 0 Å². The van der Waals surface area contributed by atoms with Gasteiger partial charge in [0.1, 0.15) is 6.61 Å². The van der Waals surface area contributed by atoms with Gasteiger partial charge in [-0.2, -0.15) is 0 Å². The fraction of sp³-hybridized carbons (Fsp3) is 0.500. The molecule has 0 N–H and O–H groups in total. The van der Waals surface area contributed by atoms with Crippen molar-refractivity contribution in [2.75, 3.05) is 0 Å². The maximum atomic E-state index is 12.0. The second-order valence-electron chi connectivity index (χ2n) is 6.72. The molecule has 5 heteroatoms. The van der Waals surface area contributed by atoms with E-state index in [1.165, 1.54) is 6.92 Å². The molecule has 1 aliphatic carbocycles. The molecule has 1 aromatic heterocycles. The van der Waals surface area contributed by atoms with E-state index < -0.39 is 0 Å². The molecule has 0 bridgehead atoms. The Kier molecular flexibility index (Phi) is 4.84. The zero-order valence-electron chi connectivity index (χ0n) is 15.2. The van der Waals surface area contributed by atoms with Crippen molar-refractivity contribution in [3.63, 3.8) is 0 Å². The molecule has 0 amide bonds. The van der Waals surface area contributed by atoms with Crippen molar-refractivity contribution in [3.8, 4) is 5.75 Å². The first kappa shape index (κ1) is 17.5. The van der Waals surface area contributed by atoms with Gasteiger partial charge in [-0.05, 0) is 43.2 Å². The normalized spacial score (nSPS) is 16.6. The number of aryl methyl sites for hydroxylation is 1. The number of carbonyl (C=O) groups excluding carboxylic acids is 2. The van der Waals surface area contributed by atoms with Crippen molar-refractivity contribution in [3.05, 3.63) is 28.5 Å². The van der Waals surface area contributed by atoms with Crippen molar-refractivity contribution < 1.29 is 23.5 Å². The van der Waals surface area contributed by atoms with Gasteiger partial charge in [-0.25, -0.2) is 0 Å². The largest absolute Gasteiger partial charge is 0.461 e. The van der Waals surface area contributed by atoms with Gasteiger partial charge in [-0.3, -0.25) is 9.59 Å². The number of carbonyl (C=O) groups is 2. The lowest BCUT2D eigenvalue weighted by atomic mass is 9.79. The Morgan fingerprint density at radius 2 is 2.12 bits per heavy atom. The minimum Gasteiger partial charge on any atom is -0.461 e. The summed E-state index contributed by atoms with van der Waals surface area (Å²) in [5, 5.41) is 0.896. The average Bonchev–Trinajstić information content (AvgIpc) is 2.96. The Bertz CT molecular complexity index is 830. The van der Waals surface area contributed by atoms with Crippen LogP contribution in [0.3, 0.4) is 0 Å². The first-order chi connectivity index (χ1) is 11.9. The topological polar surface area (TPSA) is 65.7 Å². The summed E-state index contributed by atoms with van der Waals surface area (Å²) >= 11 is 0. The Labute approximate surface area is 147 Å². The molecular formula is C20H24O5. The van der Waals surface area contributed by atoms with Gasteiger partial charge in [0.15, 0.2) is 11.3 Å². The van der Waals surface area contributed by atoms with Gasteiger partial charge < -0.3 is 13.9 Å². The predicted molar refractivity (Wildman–Crippen MR) is 93.7 cm³/mol. The van der Waals surface area contributed by atoms with Gasteiger partial charge in [0.05, 0.1) is 6.26 Å². The third-order valence-corrected chi connectivity index (χ3v) is 4.89. The molecule has 0 spiro atoms. The summed E-state index contributed by atoms with van der Waals surface area (Å²) in [6, 6.07) is 0. The van der Waals surface area contributed by atoms with E-state index in [2.05, 4.69) is 6.92 Å². The summed E-state index contributed by atoms with van der Waals surface area (Å²) in [5.74, 6) is 0.270. The molecule has 0 radical (unpaired) electrons. The van der Waals surface area contributed by atoms with E-state index in [9.17, 15) is 9.59 Å². The highest BCUT2D eigenvalue weighted by molar-refractivity contribution is 5.94. The third kappa shape index (κ3) is 3.15. The third-order valence-electron chi connectivity index (χ3n) is 4.89. The molecule has 1 unspecified atom stereocenters. The van der Waals surface area contributed by atoms with Crippen LogP contribution in [0.15, 0.2) is 10.7 Å². The van der Waals surface area contributed by atoms with Gasteiger partial charge in [0, 0.05) is 29.9 Å². The molecular weight excluding hydrogens is 320 g/mol. The van der Waals surface area contributed by atoms with E-state index in [0.29, 0.717) is 23.7 Å². The lowest BCUT2D eigenvalue weighted by Gasteiger charge is -2.28. The fourth-order valence-corrected chi connectivity index (χ4v) is 3.75. The Morgan fingerprint density at radius 3 is 2.80 bits per heavy atom. The maximum Gasteiger partial charge on any atom is 0.311 e. The highest BCUT2D eigenvalue weighted by Gasteiger charge is 2.30. The van der Waals surface area contributed by atoms with Gasteiger partial charge in [0.2, 0.25) is 0 Å². The number of rotatable bonds is 4. The Morgan fingerprint density at radius 1 is 1.36 bits per heavy atom. The van der Waals surface area contributed by atoms with Crippen LogP contribution in [0.25, 0.3) is 11.0 Å². The molecule has 3 rings (SSSR count). The van der Waals surface area contributed by atoms with E-state index >= 15 is 0 Å². The first-order valence-electron chi connectivity index (χ1n) is 8.83. The summed E-state index contributed by atoms with van der Waals surface area (Å²) < 4.78 is 16.8. The number of hydrogen-bond donors (Lipinski definition) is 0. The van der Waals surface area contributed by atoms with Crippen LogP contribution >= 0.6 is 0 Å². The monoisotopic (exact) mass is 344 g/mol. The SMILES string of the molecule is CCC(=O)Oc1c2c(c(COC(C)=O)c3c(C)coc13)C(C)CCC2. The molecule has 25 heavy (non-hydrogen) atoms. The summed E-state index contributed by atoms with van der Waals surface area (Å²) in [5.41, 5.74) is 4.67. The number of hydrogen-bond acceptors (Lipinski definition) is 5. The van der Waals surface area contributed by atoms with Crippen LogP contribution in [-0.2, 0) is 27.4 Å². The van der Waals surface area contributed by atoms with Crippen LogP contribution in [0.1, 0.15) is 68.2 Å². The van der Waals surface area contributed by atoms with Crippen molar-refractivity contribution in [1.29, 1.82) is 0 Å². The van der Waals surface area contributed by atoms with E-state index in [1.807, 2.05) is 6.92 Å². The molecule has 0 saturated carbocycles. The molecule has 2 aromatic rings. The number of benzene rings is 1. The minimum atomic E-state index is -0.312. The summed E-state index contributed by atoms with van der Waals surface area (Å²) in [4.78, 5) is 23.3. The van der Waals surface area contributed by atoms with Crippen LogP contribution in [0, 0.1) is 6.92 Å². The average molecular weight is 344 g/mol. The van der Waals surface area contributed by atoms with Crippen molar-refractivity contribution >= 4 is 22.9 Å². The Balaban J connectivity index is 2.28. The molecule has 0 aliphatic heterocycles. The van der Waals surface area contributed by atoms with Crippen LogP contribution in [0.2, 0.25) is 0 Å². The first-order valence-corrected chi connectivity index (χ1v) is 8.83. The van der Waals surface area contributed by atoms with Crippen molar-refractivity contribution in [2.45, 2.75) is 65.9 Å². The molecule has 1 atom stereocenters. The molecule has 0 saturated heterocycles. The fourth-order valence-electron chi connectivity index (χ4n) is 3.75. The smallest absolute Gasteiger partial charge is 0.311 e. The summed E-state index contributed by atoms with van der Waals surface area (Å²) in [6.07, 6.45) is 4.89.